The van der Waals surface area contributed by atoms with Gasteiger partial charge in [-0.15, -0.1) is 0 Å². The van der Waals surface area contributed by atoms with Crippen LogP contribution in [0.3, 0.4) is 0 Å². The van der Waals surface area contributed by atoms with Crippen molar-refractivity contribution in [2.75, 3.05) is 32.1 Å². The van der Waals surface area contributed by atoms with Gasteiger partial charge in [0.15, 0.2) is 5.78 Å². The fourth-order valence-corrected chi connectivity index (χ4v) is 4.54. The van der Waals surface area contributed by atoms with E-state index in [-0.39, 0.29) is 17.2 Å². The number of ether oxygens (including phenoxy) is 1. The predicted molar refractivity (Wildman–Crippen MR) is 100 cm³/mol. The maximum absolute atomic E-state index is 12.7. The summed E-state index contributed by atoms with van der Waals surface area (Å²) in [5.41, 5.74) is 1.08. The van der Waals surface area contributed by atoms with Crippen molar-refractivity contribution in [2.45, 2.75) is 17.7 Å². The third kappa shape index (κ3) is 3.89. The van der Waals surface area contributed by atoms with Crippen LogP contribution >= 0.6 is 0 Å². The summed E-state index contributed by atoms with van der Waals surface area (Å²) in [6, 6.07) is 13.6. The number of para-hydroxylation sites is 2. The zero-order chi connectivity index (χ0) is 18.6. The first-order valence-corrected chi connectivity index (χ1v) is 9.96. The van der Waals surface area contributed by atoms with Gasteiger partial charge in [-0.05, 0) is 37.1 Å². The quantitative estimate of drug-likeness (QED) is 0.754. The predicted octanol–water partition coefficient (Wildman–Crippen LogP) is 2.77. The number of methoxy groups -OCH3 is 1. The van der Waals surface area contributed by atoms with Gasteiger partial charge in [0, 0.05) is 18.7 Å². The summed E-state index contributed by atoms with van der Waals surface area (Å²) in [6.45, 7) is 1.12. The maximum Gasteiger partial charge on any atom is 0.243 e. The monoisotopic (exact) mass is 374 g/mol. The van der Waals surface area contributed by atoms with Crippen molar-refractivity contribution in [3.8, 4) is 5.75 Å². The number of hydrogen-bond acceptors (Lipinski definition) is 5. The van der Waals surface area contributed by atoms with Crippen LogP contribution in [0.1, 0.15) is 23.2 Å². The second kappa shape index (κ2) is 7.88. The van der Waals surface area contributed by atoms with E-state index in [0.717, 1.165) is 12.8 Å². The number of benzene rings is 2. The summed E-state index contributed by atoms with van der Waals surface area (Å²) in [5, 5.41) is 3.04. The van der Waals surface area contributed by atoms with E-state index < -0.39 is 10.0 Å². The molecule has 1 aliphatic heterocycles. The zero-order valence-corrected chi connectivity index (χ0v) is 15.5. The molecule has 0 bridgehead atoms. The first kappa shape index (κ1) is 18.4. The molecule has 26 heavy (non-hydrogen) atoms. The number of rotatable bonds is 7. The van der Waals surface area contributed by atoms with E-state index in [1.165, 1.54) is 16.4 Å². The van der Waals surface area contributed by atoms with Gasteiger partial charge in [-0.25, -0.2) is 8.42 Å². The van der Waals surface area contributed by atoms with E-state index in [2.05, 4.69) is 5.32 Å². The van der Waals surface area contributed by atoms with Gasteiger partial charge in [-0.3, -0.25) is 4.79 Å². The highest BCUT2D eigenvalue weighted by atomic mass is 32.2. The van der Waals surface area contributed by atoms with E-state index in [1.807, 2.05) is 18.2 Å². The second-order valence-electron chi connectivity index (χ2n) is 6.12. The number of sulfonamides is 1. The van der Waals surface area contributed by atoms with E-state index in [1.54, 1.807) is 25.3 Å². The lowest BCUT2D eigenvalue weighted by Gasteiger charge is -2.16. The number of carbonyl (C=O) groups is 1. The second-order valence-corrected chi connectivity index (χ2v) is 8.05. The number of anilines is 1. The minimum absolute atomic E-state index is 0.0492. The fraction of sp³-hybridized carbons (Fsp3) is 0.316. The molecule has 1 saturated heterocycles. The molecule has 0 radical (unpaired) electrons. The molecule has 1 N–H and O–H groups in total. The Balaban J connectivity index is 1.74. The van der Waals surface area contributed by atoms with Crippen molar-refractivity contribution in [1.82, 2.24) is 4.31 Å². The van der Waals surface area contributed by atoms with Crippen LogP contribution in [-0.2, 0) is 10.0 Å². The molecule has 0 amide bonds. The fourth-order valence-electron chi connectivity index (χ4n) is 2.98. The summed E-state index contributed by atoms with van der Waals surface area (Å²) in [5.74, 6) is 0.458. The molecule has 0 atom stereocenters. The van der Waals surface area contributed by atoms with Gasteiger partial charge in [-0.2, -0.15) is 4.31 Å². The zero-order valence-electron chi connectivity index (χ0n) is 14.6. The largest absolute Gasteiger partial charge is 0.495 e. The lowest BCUT2D eigenvalue weighted by Crippen LogP contribution is -2.28. The molecule has 2 aromatic carbocycles. The summed E-state index contributed by atoms with van der Waals surface area (Å²) < 4.78 is 32.0. The highest BCUT2D eigenvalue weighted by Gasteiger charge is 2.27. The maximum atomic E-state index is 12.7. The van der Waals surface area contributed by atoms with E-state index >= 15 is 0 Å². The number of nitrogens with zero attached hydrogens (tertiary/aromatic N) is 1. The molecule has 0 aliphatic carbocycles. The van der Waals surface area contributed by atoms with Gasteiger partial charge in [0.25, 0.3) is 0 Å². The van der Waals surface area contributed by atoms with E-state index in [0.29, 0.717) is 30.1 Å². The molecule has 0 unspecified atom stereocenters. The van der Waals surface area contributed by atoms with Crippen molar-refractivity contribution < 1.29 is 17.9 Å². The van der Waals surface area contributed by atoms with Crippen LogP contribution in [0.15, 0.2) is 53.4 Å². The molecular formula is C19H22N2O4S. The van der Waals surface area contributed by atoms with Crippen LogP contribution in [0.5, 0.6) is 5.75 Å². The Morgan fingerprint density at radius 1 is 1.12 bits per heavy atom. The Kier molecular flexibility index (Phi) is 5.58. The standard InChI is InChI=1S/C19H22N2O4S/c1-25-19-10-3-2-9-17(19)20-14-18(22)15-7-6-8-16(13-15)26(23,24)21-11-4-5-12-21/h2-3,6-10,13,20H,4-5,11-12,14H2,1H3. The van der Waals surface area contributed by atoms with Crippen molar-refractivity contribution >= 4 is 21.5 Å². The molecule has 0 spiro atoms. The Bertz CT molecular complexity index is 890. The van der Waals surface area contributed by atoms with Crippen molar-refractivity contribution in [2.24, 2.45) is 0 Å². The van der Waals surface area contributed by atoms with E-state index in [9.17, 15) is 13.2 Å². The van der Waals surface area contributed by atoms with Crippen molar-refractivity contribution in [1.29, 1.82) is 0 Å². The highest BCUT2D eigenvalue weighted by molar-refractivity contribution is 7.89. The van der Waals surface area contributed by atoms with E-state index in [4.69, 9.17) is 4.74 Å². The molecular weight excluding hydrogens is 352 g/mol. The highest BCUT2D eigenvalue weighted by Crippen LogP contribution is 2.24. The van der Waals surface area contributed by atoms with Gasteiger partial charge in [-0.1, -0.05) is 24.3 Å². The average molecular weight is 374 g/mol. The average Bonchev–Trinajstić information content (AvgIpc) is 3.22. The summed E-state index contributed by atoms with van der Waals surface area (Å²) in [7, 11) is -1.97. The molecule has 3 rings (SSSR count). The third-order valence-corrected chi connectivity index (χ3v) is 6.30. The lowest BCUT2D eigenvalue weighted by atomic mass is 10.1. The third-order valence-electron chi connectivity index (χ3n) is 4.41. The van der Waals surface area contributed by atoms with Gasteiger partial charge >= 0.3 is 0 Å². The van der Waals surface area contributed by atoms with Crippen LogP contribution in [0.25, 0.3) is 0 Å². The summed E-state index contributed by atoms with van der Waals surface area (Å²) in [6.07, 6.45) is 1.75. The van der Waals surface area contributed by atoms with Crippen LogP contribution in [0, 0.1) is 0 Å². The Morgan fingerprint density at radius 3 is 2.58 bits per heavy atom. The molecule has 1 heterocycles. The smallest absolute Gasteiger partial charge is 0.243 e. The van der Waals surface area contributed by atoms with Crippen LogP contribution in [0.4, 0.5) is 5.69 Å². The minimum atomic E-state index is -3.53. The topological polar surface area (TPSA) is 75.7 Å². The number of nitrogens with one attached hydrogen (secondary N) is 1. The SMILES string of the molecule is COc1ccccc1NCC(=O)c1cccc(S(=O)(=O)N2CCCC2)c1. The number of hydrogen-bond donors (Lipinski definition) is 1. The Labute approximate surface area is 153 Å². The Morgan fingerprint density at radius 2 is 1.85 bits per heavy atom. The van der Waals surface area contributed by atoms with Crippen LogP contribution < -0.4 is 10.1 Å². The molecule has 1 fully saturated rings. The first-order valence-electron chi connectivity index (χ1n) is 8.52. The molecule has 2 aromatic rings. The van der Waals surface area contributed by atoms with Gasteiger partial charge in [0.2, 0.25) is 10.0 Å². The van der Waals surface area contributed by atoms with Crippen molar-refractivity contribution in [3.05, 3.63) is 54.1 Å². The molecule has 0 aromatic heterocycles. The van der Waals surface area contributed by atoms with Crippen LogP contribution in [0.2, 0.25) is 0 Å². The van der Waals surface area contributed by atoms with Gasteiger partial charge in [0.1, 0.15) is 5.75 Å². The summed E-state index contributed by atoms with van der Waals surface area (Å²) >= 11 is 0. The normalized spacial score (nSPS) is 15.0. The minimum Gasteiger partial charge on any atom is -0.495 e. The molecule has 6 nitrogen and oxygen atoms in total. The molecule has 0 saturated carbocycles. The number of ketones is 1. The first-order chi connectivity index (χ1) is 12.5. The molecule has 7 heteroatoms. The van der Waals surface area contributed by atoms with Gasteiger partial charge in [0.05, 0.1) is 24.2 Å². The number of carbonyl (C=O) groups excluding carboxylic acids is 1. The summed E-state index contributed by atoms with van der Waals surface area (Å²) in [4.78, 5) is 12.7. The molecule has 138 valence electrons. The number of Topliss-reactive ketones (excluding diaryl/α,β-unsaturated/α-hetero) is 1. The van der Waals surface area contributed by atoms with Crippen molar-refractivity contribution in [3.63, 3.8) is 0 Å². The molecule has 1 aliphatic rings. The lowest BCUT2D eigenvalue weighted by molar-refractivity contribution is 0.101. The van der Waals surface area contributed by atoms with Crippen LogP contribution in [-0.4, -0.2) is 45.3 Å². The van der Waals surface area contributed by atoms with Gasteiger partial charge < -0.3 is 10.1 Å². The Hall–Kier alpha value is -2.38.